The first kappa shape index (κ1) is 60.0. The quantitative estimate of drug-likeness (QED) is 0.0830. The van der Waals surface area contributed by atoms with Crippen LogP contribution in [-0.4, -0.2) is 145 Å². The summed E-state index contributed by atoms with van der Waals surface area (Å²) in [5, 5.41) is 55.9. The largest absolute Gasteiger partial charge is 0.506 e. The van der Waals surface area contributed by atoms with Gasteiger partial charge < -0.3 is 51.2 Å². The van der Waals surface area contributed by atoms with E-state index in [0.29, 0.717) is 5.56 Å². The topological polar surface area (TPSA) is 292 Å². The Bertz CT molecular complexity index is 2680. The van der Waals surface area contributed by atoms with Gasteiger partial charge in [0.15, 0.2) is 0 Å². The Morgan fingerprint density at radius 2 is 1.29 bits per heavy atom. The van der Waals surface area contributed by atoms with Crippen molar-refractivity contribution in [3.8, 4) is 5.75 Å². The molecule has 21 nitrogen and oxygen atoms in total. The summed E-state index contributed by atoms with van der Waals surface area (Å²) in [7, 11) is 2.74. The van der Waals surface area contributed by atoms with Gasteiger partial charge in [-0.05, 0) is 101 Å². The number of phenols is 1. The van der Waals surface area contributed by atoms with Crippen LogP contribution < -0.4 is 31.8 Å². The van der Waals surface area contributed by atoms with Gasteiger partial charge >= 0.3 is 0 Å². The molecule has 21 heteroatoms. The van der Waals surface area contributed by atoms with Crippen LogP contribution >= 0.6 is 0 Å². The molecule has 3 aromatic rings. The Hall–Kier alpha value is -6.84. The lowest BCUT2D eigenvalue weighted by Crippen LogP contribution is -2.60. The molecular weight excluding hydrogens is 979 g/mol. The van der Waals surface area contributed by atoms with Gasteiger partial charge in [-0.15, -0.1) is 5.23 Å². The maximum atomic E-state index is 15.4. The molecule has 0 bridgehead atoms. The molecule has 2 aliphatic rings. The molecule has 3 heterocycles. The number of amides is 7. The lowest BCUT2D eigenvalue weighted by atomic mass is 9.94. The summed E-state index contributed by atoms with van der Waals surface area (Å²) in [6.45, 7) is 17.2. The second-order valence-corrected chi connectivity index (χ2v) is 21.9. The average Bonchev–Trinajstić information content (AvgIpc) is 3.79. The number of hydrogen-bond donors (Lipinski definition) is 9. The zero-order valence-corrected chi connectivity index (χ0v) is 45.8. The summed E-state index contributed by atoms with van der Waals surface area (Å²) >= 11 is 0. The van der Waals surface area contributed by atoms with E-state index in [1.165, 1.54) is 45.0 Å². The van der Waals surface area contributed by atoms with E-state index in [0.717, 1.165) is 27.6 Å². The number of phenolic OH excluding ortho intramolecular Hbond substituents is 1. The summed E-state index contributed by atoms with van der Waals surface area (Å²) in [5.74, 6) is -7.39. The second kappa shape index (κ2) is 25.3. The fraction of sp³-hybridized carbons (Fsp3) is 0.564. The molecule has 416 valence electrons. The van der Waals surface area contributed by atoms with Gasteiger partial charge in [0, 0.05) is 55.9 Å². The van der Waals surface area contributed by atoms with Crippen molar-refractivity contribution < 1.29 is 59.0 Å². The Morgan fingerprint density at radius 3 is 1.89 bits per heavy atom. The van der Waals surface area contributed by atoms with Crippen LogP contribution in [0.2, 0.25) is 0 Å². The van der Waals surface area contributed by atoms with Gasteiger partial charge in [0.1, 0.15) is 59.5 Å². The van der Waals surface area contributed by atoms with Crippen LogP contribution in [0.25, 0.3) is 10.9 Å². The van der Waals surface area contributed by atoms with Crippen LogP contribution in [0, 0.1) is 17.8 Å². The first-order valence-corrected chi connectivity index (χ1v) is 26.1. The van der Waals surface area contributed by atoms with Crippen LogP contribution in [0.4, 0.5) is 5.69 Å². The molecule has 1 fully saturated rings. The van der Waals surface area contributed by atoms with E-state index in [4.69, 9.17) is 0 Å². The molecule has 76 heavy (non-hydrogen) atoms. The third kappa shape index (κ3) is 14.0. The van der Waals surface area contributed by atoms with Crippen molar-refractivity contribution in [2.75, 3.05) is 19.3 Å². The maximum Gasteiger partial charge on any atom is 0.245 e. The molecule has 0 aliphatic carbocycles. The number of carbonyl (C=O) groups is 8. The normalized spacial score (nSPS) is 25.0. The summed E-state index contributed by atoms with van der Waals surface area (Å²) in [5.41, 5.74) is 1.25. The third-order valence-corrected chi connectivity index (χ3v) is 14.7. The fourth-order valence-electron chi connectivity index (χ4n) is 10.1. The first-order chi connectivity index (χ1) is 35.6. The number of Topliss-reactive ketones (excluding diaryl/α,β-unsaturated/α-hetero) is 1. The highest BCUT2D eigenvalue weighted by Gasteiger charge is 2.44. The van der Waals surface area contributed by atoms with Crippen molar-refractivity contribution in [2.45, 2.75) is 168 Å². The van der Waals surface area contributed by atoms with Gasteiger partial charge in [0.2, 0.25) is 41.4 Å². The van der Waals surface area contributed by atoms with E-state index >= 15 is 4.79 Å². The van der Waals surface area contributed by atoms with Gasteiger partial charge in [0.05, 0.1) is 11.6 Å². The lowest BCUT2D eigenvalue weighted by Gasteiger charge is -2.34. The number of rotatable bonds is 14. The highest BCUT2D eigenvalue weighted by atomic mass is 16.8. The van der Waals surface area contributed by atoms with Crippen LogP contribution in [0.3, 0.4) is 0 Å². The molecule has 2 aromatic carbocycles. The highest BCUT2D eigenvalue weighted by Crippen LogP contribution is 2.41. The third-order valence-electron chi connectivity index (χ3n) is 14.7. The fourth-order valence-corrected chi connectivity index (χ4v) is 10.1. The van der Waals surface area contributed by atoms with Crippen molar-refractivity contribution in [3.05, 3.63) is 71.4 Å². The number of carbonyl (C=O) groups excluding carboxylic acids is 8. The number of para-hydroxylation sites is 1. The molecule has 2 unspecified atom stereocenters. The standard InChI is InChI=1S/C55H79N9O12/c1-13-14-18-37-48(68)60-40(27-36-35-17-15-16-19-41(35)63-42(36)28-47(67)55(63,9)10)54(74)62(12)44(23-30(4)5)51(71)59-39(25-34-20-21-46(66)43(26-34)64(75)76)49(69)56-32(7)53(73)61(11)45(24-31(6)33(8)65)52(72)58-38(22-29(2)3)50(70)57-37/h13-17,19-21,26,29-32,37-40,44-45,47,66-67,75-76H,18,22-25,27-28H2,1-12H3,(H,56,69)(H,57,70)(H,58,72)(H,59,71)(H,60,68)/b14-13+/t31?,32-,37-,38-,39-,40+,44-,45-,47?/m0/s1. The Morgan fingerprint density at radius 1 is 0.737 bits per heavy atom. The minimum atomic E-state index is -1.53. The van der Waals surface area contributed by atoms with Crippen LogP contribution in [0.15, 0.2) is 54.6 Å². The monoisotopic (exact) mass is 1060 g/mol. The number of likely N-dealkylation sites (N-methyl/N-ethyl adjacent to an activating group) is 2. The van der Waals surface area contributed by atoms with Gasteiger partial charge in [-0.2, -0.15) is 0 Å². The molecule has 9 atom stereocenters. The number of benzene rings is 2. The number of aliphatic hydroxyl groups is 1. The zero-order valence-electron chi connectivity index (χ0n) is 45.8. The average molecular weight is 1060 g/mol. The Kier molecular flexibility index (Phi) is 20.0. The van der Waals surface area contributed by atoms with Crippen LogP contribution in [0.1, 0.15) is 112 Å². The molecule has 0 radical (unpaired) electrons. The number of aliphatic hydroxyl groups excluding tert-OH is 1. The van der Waals surface area contributed by atoms with E-state index in [1.807, 2.05) is 70.4 Å². The summed E-state index contributed by atoms with van der Waals surface area (Å²) in [6, 6.07) is 1.72. The number of nitrogens with zero attached hydrogens (tertiary/aromatic N) is 4. The number of hydrogen-bond acceptors (Lipinski definition) is 13. The Labute approximate surface area is 444 Å². The SMILES string of the molecule is C/C=C/C[C@@H]1NC(=O)[C@H](CC(C)C)NC(=O)[C@H](CC(C)C(C)=O)N(C)C(=O)[C@H](C)NC(=O)[C@H](Cc2ccc(O)c(N(O)O)c2)NC(=O)[C@H](CC(C)C)N(C)C(=O)[C@@H](Cc2c3n(c4ccccc24)C(C)(C)C(O)C3)NC1=O. The summed E-state index contributed by atoms with van der Waals surface area (Å²) in [4.78, 5) is 118. The van der Waals surface area contributed by atoms with E-state index in [-0.39, 0.29) is 73.4 Å². The van der Waals surface area contributed by atoms with Gasteiger partial charge in [-0.1, -0.05) is 71.0 Å². The number of allylic oxidation sites excluding steroid dienone is 1. The molecule has 7 amide bonds. The van der Waals surface area contributed by atoms with E-state index in [9.17, 15) is 54.2 Å². The number of fused-ring (bicyclic) bond motifs is 3. The predicted octanol–water partition coefficient (Wildman–Crippen LogP) is 3.15. The van der Waals surface area contributed by atoms with Gasteiger partial charge in [-0.25, -0.2) is 0 Å². The minimum absolute atomic E-state index is 0.0377. The molecule has 5 rings (SSSR count). The Balaban J connectivity index is 1.71. The van der Waals surface area contributed by atoms with Crippen molar-refractivity contribution in [1.82, 2.24) is 41.0 Å². The van der Waals surface area contributed by atoms with Crippen molar-refractivity contribution in [1.29, 1.82) is 0 Å². The summed E-state index contributed by atoms with van der Waals surface area (Å²) in [6.07, 6.45) is 2.28. The number of aromatic hydroxyl groups is 1. The van der Waals surface area contributed by atoms with Crippen LogP contribution in [0.5, 0.6) is 5.75 Å². The maximum absolute atomic E-state index is 15.4. The van der Waals surface area contributed by atoms with E-state index in [2.05, 4.69) is 26.6 Å². The number of ketones is 1. The molecule has 2 aliphatic heterocycles. The van der Waals surface area contributed by atoms with Crippen molar-refractivity contribution in [2.24, 2.45) is 17.8 Å². The first-order valence-electron chi connectivity index (χ1n) is 26.1. The lowest BCUT2D eigenvalue weighted by molar-refractivity contribution is -0.144. The molecular formula is C55H79N9O12. The van der Waals surface area contributed by atoms with Gasteiger partial charge in [0.25, 0.3) is 0 Å². The van der Waals surface area contributed by atoms with E-state index in [1.54, 1.807) is 26.0 Å². The number of aromatic nitrogens is 1. The molecule has 9 N–H and O–H groups in total. The smallest absolute Gasteiger partial charge is 0.245 e. The molecule has 0 spiro atoms. The zero-order chi connectivity index (χ0) is 56.7. The molecule has 0 saturated carbocycles. The number of nitrogens with one attached hydrogen (secondary N) is 5. The summed E-state index contributed by atoms with van der Waals surface area (Å²) < 4.78 is 2.04. The molecule has 1 aromatic heterocycles. The molecule has 1 saturated heterocycles. The van der Waals surface area contributed by atoms with Crippen LogP contribution in [-0.2, 0) is 63.2 Å². The number of anilines is 1. The van der Waals surface area contributed by atoms with Gasteiger partial charge in [-0.3, -0.25) is 48.8 Å². The highest BCUT2D eigenvalue weighted by molar-refractivity contribution is 5.99. The van der Waals surface area contributed by atoms with E-state index < -0.39 is 113 Å². The van der Waals surface area contributed by atoms with Crippen molar-refractivity contribution >= 4 is 63.7 Å². The van der Waals surface area contributed by atoms with Crippen molar-refractivity contribution in [3.63, 3.8) is 0 Å². The second-order valence-electron chi connectivity index (χ2n) is 21.9. The predicted molar refractivity (Wildman–Crippen MR) is 284 cm³/mol. The minimum Gasteiger partial charge on any atom is -0.506 e.